The first-order chi connectivity index (χ1) is 10.7. The minimum atomic E-state index is 0.0919. The molecule has 1 fully saturated rings. The summed E-state index contributed by atoms with van der Waals surface area (Å²) in [5.41, 5.74) is 2.88. The van der Waals surface area contributed by atoms with Crippen LogP contribution in [-0.4, -0.2) is 38.6 Å². The van der Waals surface area contributed by atoms with Crippen molar-refractivity contribution in [1.29, 1.82) is 0 Å². The molecule has 116 valence electrons. The molecule has 0 unspecified atom stereocenters. The van der Waals surface area contributed by atoms with Gasteiger partial charge in [0.15, 0.2) is 5.69 Å². The minimum Gasteiger partial charge on any atom is -0.468 e. The highest BCUT2D eigenvalue weighted by Gasteiger charge is 2.32. The van der Waals surface area contributed by atoms with Crippen LogP contribution in [0, 0.1) is 0 Å². The van der Waals surface area contributed by atoms with Crippen molar-refractivity contribution < 1.29 is 9.21 Å². The monoisotopic (exact) mass is 300 g/mol. The average Bonchev–Trinajstić information content (AvgIpc) is 3.25. The Morgan fingerprint density at radius 1 is 1.32 bits per heavy atom. The van der Waals surface area contributed by atoms with Crippen molar-refractivity contribution in [1.82, 2.24) is 19.6 Å². The predicted octanol–water partition coefficient (Wildman–Crippen LogP) is 1.76. The summed E-state index contributed by atoms with van der Waals surface area (Å²) in [5.74, 6) is 1.04. The van der Waals surface area contributed by atoms with Gasteiger partial charge in [-0.25, -0.2) is 0 Å². The number of aryl methyl sites for hydroxylation is 1. The van der Waals surface area contributed by atoms with E-state index >= 15 is 0 Å². The molecule has 0 saturated carbocycles. The topological polar surface area (TPSA) is 54.5 Å². The molecule has 1 saturated heterocycles. The number of amides is 1. The van der Waals surface area contributed by atoms with Gasteiger partial charge in [0.2, 0.25) is 0 Å². The molecular formula is C16H20N4O2. The van der Waals surface area contributed by atoms with Gasteiger partial charge in [-0.05, 0) is 25.0 Å². The van der Waals surface area contributed by atoms with Gasteiger partial charge in [-0.15, -0.1) is 0 Å². The molecule has 0 N–H and O–H groups in total. The van der Waals surface area contributed by atoms with E-state index in [0.29, 0.717) is 5.69 Å². The van der Waals surface area contributed by atoms with E-state index in [9.17, 15) is 4.79 Å². The largest absolute Gasteiger partial charge is 0.468 e. The second kappa shape index (κ2) is 5.28. The van der Waals surface area contributed by atoms with E-state index in [-0.39, 0.29) is 5.91 Å². The van der Waals surface area contributed by atoms with E-state index in [2.05, 4.69) is 10.00 Å². The molecule has 2 aromatic heterocycles. The summed E-state index contributed by atoms with van der Waals surface area (Å²) < 4.78 is 7.28. The third-order valence-electron chi connectivity index (χ3n) is 4.59. The van der Waals surface area contributed by atoms with E-state index in [4.69, 9.17) is 4.42 Å². The van der Waals surface area contributed by atoms with Crippen LogP contribution in [0.25, 0.3) is 0 Å². The quantitative estimate of drug-likeness (QED) is 0.867. The molecule has 6 nitrogen and oxygen atoms in total. The maximum atomic E-state index is 12.7. The first-order valence-electron chi connectivity index (χ1n) is 7.81. The number of rotatable bonds is 3. The summed E-state index contributed by atoms with van der Waals surface area (Å²) in [7, 11) is 1.93. The molecule has 22 heavy (non-hydrogen) atoms. The zero-order valence-corrected chi connectivity index (χ0v) is 12.8. The SMILES string of the molecule is Cn1nc(C(=O)N2CCCC2)c2c1CN(Cc1ccco1)C2. The first kappa shape index (κ1) is 13.6. The number of hydrogen-bond acceptors (Lipinski definition) is 4. The first-order valence-corrected chi connectivity index (χ1v) is 7.81. The standard InChI is InChI=1S/C16H20N4O2/c1-18-14-11-19(9-12-5-4-8-22-12)10-13(14)15(17-18)16(21)20-6-2-3-7-20/h4-5,8H,2-3,6-7,9-11H2,1H3. The molecule has 0 radical (unpaired) electrons. The Labute approximate surface area is 129 Å². The molecule has 2 aliphatic rings. The number of nitrogens with zero attached hydrogens (tertiary/aromatic N) is 4. The number of carbonyl (C=O) groups is 1. The van der Waals surface area contributed by atoms with Gasteiger partial charge in [-0.1, -0.05) is 0 Å². The van der Waals surface area contributed by atoms with Gasteiger partial charge in [0.25, 0.3) is 5.91 Å². The lowest BCUT2D eigenvalue weighted by Gasteiger charge is -2.16. The van der Waals surface area contributed by atoms with Crippen LogP contribution >= 0.6 is 0 Å². The molecule has 1 amide bonds. The Bertz CT molecular complexity index is 683. The maximum Gasteiger partial charge on any atom is 0.274 e. The van der Waals surface area contributed by atoms with Gasteiger partial charge in [-0.3, -0.25) is 14.4 Å². The van der Waals surface area contributed by atoms with E-state index in [1.165, 1.54) is 0 Å². The number of likely N-dealkylation sites (tertiary alicyclic amines) is 1. The molecular weight excluding hydrogens is 280 g/mol. The number of fused-ring (bicyclic) bond motifs is 1. The molecule has 2 aliphatic heterocycles. The molecule has 2 aromatic rings. The van der Waals surface area contributed by atoms with E-state index in [1.807, 2.05) is 28.8 Å². The van der Waals surface area contributed by atoms with Crippen molar-refractivity contribution in [3.8, 4) is 0 Å². The van der Waals surface area contributed by atoms with Gasteiger partial charge in [0, 0.05) is 38.8 Å². The van der Waals surface area contributed by atoms with Crippen molar-refractivity contribution >= 4 is 5.91 Å². The van der Waals surface area contributed by atoms with Crippen LogP contribution in [0.2, 0.25) is 0 Å². The summed E-state index contributed by atoms with van der Waals surface area (Å²) in [6.07, 6.45) is 3.90. The van der Waals surface area contributed by atoms with Crippen molar-refractivity contribution in [2.75, 3.05) is 13.1 Å². The van der Waals surface area contributed by atoms with Gasteiger partial charge in [-0.2, -0.15) is 5.10 Å². The van der Waals surface area contributed by atoms with Crippen molar-refractivity contribution in [3.63, 3.8) is 0 Å². The highest BCUT2D eigenvalue weighted by atomic mass is 16.3. The second-order valence-electron chi connectivity index (χ2n) is 6.12. The maximum absolute atomic E-state index is 12.7. The fourth-order valence-electron chi connectivity index (χ4n) is 3.43. The molecule has 4 heterocycles. The van der Waals surface area contributed by atoms with Crippen molar-refractivity contribution in [2.45, 2.75) is 32.5 Å². The Kier molecular flexibility index (Phi) is 3.26. The summed E-state index contributed by atoms with van der Waals surface area (Å²) in [4.78, 5) is 16.9. The third-order valence-corrected chi connectivity index (χ3v) is 4.59. The summed E-state index contributed by atoms with van der Waals surface area (Å²) in [6, 6.07) is 3.89. The zero-order valence-electron chi connectivity index (χ0n) is 12.8. The molecule has 0 aromatic carbocycles. The average molecular weight is 300 g/mol. The van der Waals surface area contributed by atoms with Crippen LogP contribution < -0.4 is 0 Å². The van der Waals surface area contributed by atoms with Gasteiger partial charge < -0.3 is 9.32 Å². The Hall–Kier alpha value is -2.08. The van der Waals surface area contributed by atoms with E-state index < -0.39 is 0 Å². The molecule has 6 heteroatoms. The van der Waals surface area contributed by atoms with Crippen molar-refractivity contribution in [3.05, 3.63) is 41.1 Å². The zero-order chi connectivity index (χ0) is 15.1. The van der Waals surface area contributed by atoms with Crippen LogP contribution in [0.4, 0.5) is 0 Å². The number of carbonyl (C=O) groups excluding carboxylic acids is 1. The van der Waals surface area contributed by atoms with Crippen LogP contribution in [0.5, 0.6) is 0 Å². The Morgan fingerprint density at radius 3 is 2.86 bits per heavy atom. The molecule has 0 bridgehead atoms. The molecule has 4 rings (SSSR count). The third kappa shape index (κ3) is 2.23. The minimum absolute atomic E-state index is 0.0919. The number of aromatic nitrogens is 2. The number of furan rings is 1. The number of hydrogen-bond donors (Lipinski definition) is 0. The van der Waals surface area contributed by atoms with Crippen LogP contribution in [0.15, 0.2) is 22.8 Å². The fraction of sp³-hybridized carbons (Fsp3) is 0.500. The highest BCUT2D eigenvalue weighted by molar-refractivity contribution is 5.94. The molecule has 0 spiro atoms. The van der Waals surface area contributed by atoms with E-state index in [0.717, 1.165) is 62.6 Å². The Morgan fingerprint density at radius 2 is 2.14 bits per heavy atom. The van der Waals surface area contributed by atoms with Crippen LogP contribution in [-0.2, 0) is 26.7 Å². The smallest absolute Gasteiger partial charge is 0.274 e. The normalized spacial score (nSPS) is 18.1. The van der Waals surface area contributed by atoms with Gasteiger partial charge in [0.05, 0.1) is 18.5 Å². The van der Waals surface area contributed by atoms with Crippen LogP contribution in [0.3, 0.4) is 0 Å². The second-order valence-corrected chi connectivity index (χ2v) is 6.12. The van der Waals surface area contributed by atoms with Gasteiger partial charge >= 0.3 is 0 Å². The Balaban J connectivity index is 1.55. The summed E-state index contributed by atoms with van der Waals surface area (Å²) in [6.45, 7) is 4.06. The van der Waals surface area contributed by atoms with Crippen LogP contribution in [0.1, 0.15) is 40.3 Å². The fourth-order valence-corrected chi connectivity index (χ4v) is 3.43. The summed E-state index contributed by atoms with van der Waals surface area (Å²) >= 11 is 0. The van der Waals surface area contributed by atoms with Crippen molar-refractivity contribution in [2.24, 2.45) is 7.05 Å². The van der Waals surface area contributed by atoms with Gasteiger partial charge in [0.1, 0.15) is 5.76 Å². The van der Waals surface area contributed by atoms with E-state index in [1.54, 1.807) is 6.26 Å². The lowest BCUT2D eigenvalue weighted by atomic mass is 10.2. The predicted molar refractivity (Wildman–Crippen MR) is 80.0 cm³/mol. The lowest BCUT2D eigenvalue weighted by Crippen LogP contribution is -2.29. The summed E-state index contributed by atoms with van der Waals surface area (Å²) in [5, 5.41) is 4.48. The lowest BCUT2D eigenvalue weighted by molar-refractivity contribution is 0.0784. The molecule has 0 aliphatic carbocycles. The molecule has 0 atom stereocenters. The highest BCUT2D eigenvalue weighted by Crippen LogP contribution is 2.28.